The minimum absolute atomic E-state index is 0. The van der Waals surface area contributed by atoms with E-state index < -0.39 is 0 Å². The average Bonchev–Trinajstić information content (AvgIpc) is 0.918. The van der Waals surface area contributed by atoms with Crippen molar-refractivity contribution >= 4 is 45.5 Å². The van der Waals surface area contributed by atoms with Crippen molar-refractivity contribution in [3.05, 3.63) is 0 Å². The number of nitrogens with zero attached hydrogens (tertiary/aromatic N) is 1. The van der Waals surface area contributed by atoms with Crippen molar-refractivity contribution in [1.29, 1.82) is 5.26 Å². The van der Waals surface area contributed by atoms with Gasteiger partial charge in [-0.25, -0.2) is 0 Å². The molecule has 0 aliphatic rings. The predicted octanol–water partition coefficient (Wildman–Crippen LogP) is -0.541. The molecule has 2 radical (unpaired) electrons. The van der Waals surface area contributed by atoms with Gasteiger partial charge in [-0.1, -0.05) is 0 Å². The van der Waals surface area contributed by atoms with Crippen molar-refractivity contribution < 1.29 is 5.11 Å². The molecule has 18 valence electrons. The Labute approximate surface area is 61.3 Å². The smallest absolute Gasteiger partial charge is 0.283 e. The molecule has 0 aliphatic heterocycles. The van der Waals surface area contributed by atoms with E-state index >= 15 is 0 Å². The summed E-state index contributed by atoms with van der Waals surface area (Å²) >= 11 is 0. The molecule has 0 bridgehead atoms. The van der Waals surface area contributed by atoms with E-state index in [4.69, 9.17) is 10.4 Å². The summed E-state index contributed by atoms with van der Waals surface area (Å²) < 4.78 is 0. The molecular formula is CHNOSr. The van der Waals surface area contributed by atoms with Gasteiger partial charge in [-0.05, 0) is 0 Å². The largest absolute Gasteiger partial charge is 0.443 e. The van der Waals surface area contributed by atoms with Crippen LogP contribution in [0.5, 0.6) is 0 Å². The van der Waals surface area contributed by atoms with Crippen LogP contribution >= 0.6 is 0 Å². The van der Waals surface area contributed by atoms with Crippen LogP contribution in [0, 0.1) is 11.5 Å². The quantitative estimate of drug-likeness (QED) is 0.354. The number of hydrogen-bond acceptors (Lipinski definition) is 2. The summed E-state index contributed by atoms with van der Waals surface area (Å²) in [6, 6.07) is 0. The normalized spacial score (nSPS) is 1.75. The third-order valence-electron chi connectivity index (χ3n) is 0. The zero-order valence-corrected chi connectivity index (χ0v) is 5.58. The Bertz CT molecular complexity index is 29.5. The minimum Gasteiger partial charge on any atom is -0.443 e. The van der Waals surface area contributed by atoms with Crippen LogP contribution in [0.2, 0.25) is 0 Å². The number of aliphatic hydroxyl groups is 1. The van der Waals surface area contributed by atoms with E-state index in [1.807, 2.05) is 0 Å². The minimum atomic E-state index is 0. The molecule has 0 aromatic rings. The predicted molar refractivity (Wildman–Crippen MR) is 13.3 cm³/mol. The number of aliphatic hydroxyl groups excluding tert-OH is 1. The zero-order chi connectivity index (χ0) is 2.71. The third kappa shape index (κ3) is 14.6. The third-order valence-corrected chi connectivity index (χ3v) is 0. The van der Waals surface area contributed by atoms with Crippen LogP contribution in [0.3, 0.4) is 0 Å². The second-order valence-electron chi connectivity index (χ2n) is 0.100. The van der Waals surface area contributed by atoms with Gasteiger partial charge in [-0.3, -0.25) is 0 Å². The zero-order valence-electron chi connectivity index (χ0n) is 2.10. The molecule has 0 saturated carbocycles. The van der Waals surface area contributed by atoms with Crippen molar-refractivity contribution in [1.82, 2.24) is 0 Å². The molecule has 0 aromatic heterocycles. The van der Waals surface area contributed by atoms with E-state index in [-0.39, 0.29) is 45.5 Å². The Morgan fingerprint density at radius 2 is 1.75 bits per heavy atom. The Hall–Kier alpha value is 0.771. The van der Waals surface area contributed by atoms with Crippen LogP contribution in [0.4, 0.5) is 0 Å². The summed E-state index contributed by atoms with van der Waals surface area (Å²) in [7, 11) is 0. The first-order valence-corrected chi connectivity index (χ1v) is 0.447. The van der Waals surface area contributed by atoms with Gasteiger partial charge in [-0.15, -0.1) is 0 Å². The fourth-order valence-corrected chi connectivity index (χ4v) is 0. The number of rotatable bonds is 0. The molecule has 0 saturated heterocycles. The van der Waals surface area contributed by atoms with E-state index in [1.165, 1.54) is 0 Å². The first kappa shape index (κ1) is 8.84. The standard InChI is InChI=1S/CHNO.Sr/c2-1-3;/h3H;. The number of nitriles is 1. The molecule has 0 atom stereocenters. The molecule has 0 unspecified atom stereocenters. The van der Waals surface area contributed by atoms with Crippen molar-refractivity contribution in [3.8, 4) is 6.26 Å². The van der Waals surface area contributed by atoms with Gasteiger partial charge in [0.15, 0.2) is 0 Å². The first-order valence-electron chi connectivity index (χ1n) is 0.447. The van der Waals surface area contributed by atoms with Gasteiger partial charge in [0.25, 0.3) is 6.26 Å². The van der Waals surface area contributed by atoms with Crippen LogP contribution in [-0.4, -0.2) is 50.6 Å². The molecule has 0 heterocycles. The Kier molecular flexibility index (Phi) is 20.4. The fourth-order valence-electron chi connectivity index (χ4n) is 0. The van der Waals surface area contributed by atoms with Gasteiger partial charge in [-0.2, -0.15) is 5.26 Å². The first-order chi connectivity index (χ1) is 1.41. The van der Waals surface area contributed by atoms with Crippen molar-refractivity contribution in [3.63, 3.8) is 0 Å². The van der Waals surface area contributed by atoms with E-state index in [9.17, 15) is 0 Å². The van der Waals surface area contributed by atoms with Crippen LogP contribution in [0.25, 0.3) is 0 Å². The van der Waals surface area contributed by atoms with Gasteiger partial charge >= 0.3 is 0 Å². The van der Waals surface area contributed by atoms with Crippen LogP contribution in [0.1, 0.15) is 0 Å². The van der Waals surface area contributed by atoms with E-state index in [2.05, 4.69) is 0 Å². The maximum atomic E-state index is 6.88. The molecule has 1 N–H and O–H groups in total. The van der Waals surface area contributed by atoms with E-state index in [0.717, 1.165) is 6.26 Å². The molecule has 0 rings (SSSR count). The molecule has 0 spiro atoms. The van der Waals surface area contributed by atoms with E-state index in [0.29, 0.717) is 0 Å². The summed E-state index contributed by atoms with van der Waals surface area (Å²) in [6.07, 6.45) is 0.750. The molecule has 0 aromatic carbocycles. The summed E-state index contributed by atoms with van der Waals surface area (Å²) in [6.45, 7) is 0. The molecule has 4 heavy (non-hydrogen) atoms. The summed E-state index contributed by atoms with van der Waals surface area (Å²) in [4.78, 5) is 0. The van der Waals surface area contributed by atoms with Crippen molar-refractivity contribution in [2.75, 3.05) is 0 Å². The second-order valence-corrected chi connectivity index (χ2v) is 0.100. The van der Waals surface area contributed by atoms with Gasteiger partial charge in [0.05, 0.1) is 0 Å². The molecule has 0 amide bonds. The SMILES string of the molecule is N#CO.[Sr]. The Morgan fingerprint density at radius 3 is 1.75 bits per heavy atom. The van der Waals surface area contributed by atoms with Gasteiger partial charge < -0.3 is 5.11 Å². The van der Waals surface area contributed by atoms with Crippen LogP contribution in [-0.2, 0) is 0 Å². The maximum Gasteiger partial charge on any atom is 0.283 e. The van der Waals surface area contributed by atoms with Gasteiger partial charge in [0.2, 0.25) is 0 Å². The van der Waals surface area contributed by atoms with Crippen LogP contribution < -0.4 is 0 Å². The average molecular weight is 131 g/mol. The molecule has 2 nitrogen and oxygen atoms in total. The summed E-state index contributed by atoms with van der Waals surface area (Å²) in [5.41, 5.74) is 0. The van der Waals surface area contributed by atoms with Gasteiger partial charge in [0.1, 0.15) is 0 Å². The molecule has 3 heteroatoms. The van der Waals surface area contributed by atoms with E-state index in [1.54, 1.807) is 0 Å². The van der Waals surface area contributed by atoms with Crippen molar-refractivity contribution in [2.24, 2.45) is 0 Å². The fraction of sp³-hybridized carbons (Fsp3) is 0. The second kappa shape index (κ2) is 9.23. The van der Waals surface area contributed by atoms with Gasteiger partial charge in [0, 0.05) is 45.5 Å². The monoisotopic (exact) mass is 131 g/mol. The Balaban J connectivity index is 0. The van der Waals surface area contributed by atoms with Crippen LogP contribution in [0.15, 0.2) is 0 Å². The Morgan fingerprint density at radius 1 is 1.75 bits per heavy atom. The maximum absolute atomic E-state index is 6.88. The van der Waals surface area contributed by atoms with Crippen molar-refractivity contribution in [2.45, 2.75) is 0 Å². The topological polar surface area (TPSA) is 44.0 Å². The molecule has 0 fully saturated rings. The number of hydrogen-bond donors (Lipinski definition) is 1. The summed E-state index contributed by atoms with van der Waals surface area (Å²) in [5.74, 6) is 0. The molecule has 0 aliphatic carbocycles. The molecular weight excluding hydrogens is 130 g/mol. The summed E-state index contributed by atoms with van der Waals surface area (Å²) in [5, 5.41) is 13.8.